The zero-order valence-corrected chi connectivity index (χ0v) is 18.4. The molecule has 2 aromatic rings. The lowest BCUT2D eigenvalue weighted by molar-refractivity contribution is -0.116. The fourth-order valence-corrected chi connectivity index (χ4v) is 5.25. The number of nitrogens with one attached hydrogen (secondary N) is 2. The highest BCUT2D eigenvalue weighted by Gasteiger charge is 2.27. The van der Waals surface area contributed by atoms with E-state index in [0.717, 1.165) is 4.90 Å². The van der Waals surface area contributed by atoms with Crippen LogP contribution in [0.5, 0.6) is 5.75 Å². The van der Waals surface area contributed by atoms with Crippen molar-refractivity contribution in [2.24, 2.45) is 0 Å². The molecule has 9 heteroatoms. The van der Waals surface area contributed by atoms with Crippen molar-refractivity contribution in [3.05, 3.63) is 42.5 Å². The van der Waals surface area contributed by atoms with Gasteiger partial charge < -0.3 is 15.4 Å². The molecule has 0 aromatic heterocycles. The summed E-state index contributed by atoms with van der Waals surface area (Å²) >= 11 is 1.43. The SMILES string of the molecule is CCOc1ccc(NC(=O)CCS(=O)(=O)c2ccc3c(c2)NC(=O)[C@@H](CC)S3)cc1. The minimum atomic E-state index is -3.67. The van der Waals surface area contributed by atoms with Gasteiger partial charge in [-0.1, -0.05) is 6.92 Å². The predicted octanol–water partition coefficient (Wildman–Crippen LogP) is 3.71. The van der Waals surface area contributed by atoms with E-state index in [1.54, 1.807) is 30.3 Å². The topological polar surface area (TPSA) is 102 Å². The average molecular weight is 449 g/mol. The van der Waals surface area contributed by atoms with E-state index >= 15 is 0 Å². The summed E-state index contributed by atoms with van der Waals surface area (Å²) in [4.78, 5) is 25.2. The second-order valence-corrected chi connectivity index (χ2v) is 10.1. The molecule has 1 aliphatic heterocycles. The Balaban J connectivity index is 1.62. The minimum Gasteiger partial charge on any atom is -0.494 e. The molecule has 0 saturated carbocycles. The molecule has 0 fully saturated rings. The van der Waals surface area contributed by atoms with E-state index in [1.165, 1.54) is 23.9 Å². The number of carbonyl (C=O) groups is 2. The highest BCUT2D eigenvalue weighted by molar-refractivity contribution is 8.01. The standard InChI is InChI=1S/C21H24N2O5S2/c1-3-18-21(25)23-17-13-16(9-10-19(17)29-18)30(26,27)12-11-20(24)22-14-5-7-15(8-6-14)28-4-2/h5-10,13,18H,3-4,11-12H2,1-2H3,(H,22,24)(H,23,25)/t18-/m1/s1. The fourth-order valence-electron chi connectivity index (χ4n) is 2.96. The summed E-state index contributed by atoms with van der Waals surface area (Å²) in [6, 6.07) is 11.6. The molecule has 2 aromatic carbocycles. The fraction of sp³-hybridized carbons (Fsp3) is 0.333. The Kier molecular flexibility index (Phi) is 7.04. The van der Waals surface area contributed by atoms with Gasteiger partial charge in [-0.15, -0.1) is 11.8 Å². The zero-order valence-electron chi connectivity index (χ0n) is 16.8. The normalized spacial score (nSPS) is 15.8. The zero-order chi connectivity index (χ0) is 21.7. The lowest BCUT2D eigenvalue weighted by Crippen LogP contribution is -2.28. The van der Waals surface area contributed by atoms with Crippen molar-refractivity contribution in [3.63, 3.8) is 0 Å². The van der Waals surface area contributed by atoms with Crippen molar-refractivity contribution in [2.75, 3.05) is 23.0 Å². The maximum absolute atomic E-state index is 12.7. The number of thioether (sulfide) groups is 1. The van der Waals surface area contributed by atoms with Gasteiger partial charge in [0.25, 0.3) is 0 Å². The number of benzene rings is 2. The van der Waals surface area contributed by atoms with Crippen LogP contribution in [0.25, 0.3) is 0 Å². The molecule has 0 radical (unpaired) electrons. The molecule has 160 valence electrons. The van der Waals surface area contributed by atoms with Crippen molar-refractivity contribution in [1.29, 1.82) is 0 Å². The number of anilines is 2. The third-order valence-electron chi connectivity index (χ3n) is 4.55. The van der Waals surface area contributed by atoms with Gasteiger partial charge in [0.15, 0.2) is 9.84 Å². The molecule has 0 saturated heterocycles. The number of amides is 2. The summed E-state index contributed by atoms with van der Waals surface area (Å²) in [6.45, 7) is 4.36. The molecule has 0 bridgehead atoms. The van der Waals surface area contributed by atoms with Crippen LogP contribution < -0.4 is 15.4 Å². The Morgan fingerprint density at radius 2 is 1.90 bits per heavy atom. The Hall–Kier alpha value is -2.52. The predicted molar refractivity (Wildman–Crippen MR) is 118 cm³/mol. The summed E-state index contributed by atoms with van der Waals surface area (Å²) in [5.74, 6) is -0.150. The van der Waals surface area contributed by atoms with Crippen LogP contribution in [0, 0.1) is 0 Å². The molecule has 0 unspecified atom stereocenters. The molecule has 1 atom stereocenters. The van der Waals surface area contributed by atoms with E-state index in [-0.39, 0.29) is 28.2 Å². The molecule has 0 spiro atoms. The first-order valence-corrected chi connectivity index (χ1v) is 12.2. The second kappa shape index (κ2) is 9.53. The molecular formula is C21H24N2O5S2. The maximum Gasteiger partial charge on any atom is 0.237 e. The number of rotatable bonds is 8. The summed E-state index contributed by atoms with van der Waals surface area (Å²) in [5, 5.41) is 5.28. The van der Waals surface area contributed by atoms with Crippen LogP contribution in [0.4, 0.5) is 11.4 Å². The summed E-state index contributed by atoms with van der Waals surface area (Å²) in [6.07, 6.45) is 0.519. The first kappa shape index (κ1) is 22.2. The van der Waals surface area contributed by atoms with Gasteiger partial charge in [0, 0.05) is 17.0 Å². The van der Waals surface area contributed by atoms with Gasteiger partial charge in [0.2, 0.25) is 11.8 Å². The maximum atomic E-state index is 12.7. The van der Waals surface area contributed by atoms with Crippen LogP contribution in [0.1, 0.15) is 26.7 Å². The number of sulfone groups is 1. The third-order valence-corrected chi connectivity index (χ3v) is 7.70. The van der Waals surface area contributed by atoms with Crippen molar-refractivity contribution >= 4 is 44.8 Å². The molecule has 2 amide bonds. The van der Waals surface area contributed by atoms with E-state index in [4.69, 9.17) is 4.74 Å². The molecule has 0 aliphatic carbocycles. The smallest absolute Gasteiger partial charge is 0.237 e. The van der Waals surface area contributed by atoms with Gasteiger partial charge in [0.1, 0.15) is 5.75 Å². The largest absolute Gasteiger partial charge is 0.494 e. The lowest BCUT2D eigenvalue weighted by atomic mass is 10.2. The Bertz CT molecular complexity index is 1040. The van der Waals surface area contributed by atoms with E-state index < -0.39 is 15.7 Å². The van der Waals surface area contributed by atoms with Crippen LogP contribution in [0.2, 0.25) is 0 Å². The Labute approximate surface area is 180 Å². The van der Waals surface area contributed by atoms with E-state index in [0.29, 0.717) is 30.2 Å². The van der Waals surface area contributed by atoms with Crippen LogP contribution in [-0.4, -0.2) is 37.8 Å². The molecular weight excluding hydrogens is 424 g/mol. The van der Waals surface area contributed by atoms with Crippen LogP contribution >= 0.6 is 11.8 Å². The monoisotopic (exact) mass is 448 g/mol. The van der Waals surface area contributed by atoms with Gasteiger partial charge in [-0.3, -0.25) is 9.59 Å². The molecule has 1 aliphatic rings. The number of carbonyl (C=O) groups excluding carboxylic acids is 2. The second-order valence-electron chi connectivity index (χ2n) is 6.74. The Morgan fingerprint density at radius 1 is 1.17 bits per heavy atom. The first-order valence-electron chi connectivity index (χ1n) is 9.69. The molecule has 3 rings (SSSR count). The van der Waals surface area contributed by atoms with E-state index in [9.17, 15) is 18.0 Å². The highest BCUT2D eigenvalue weighted by Crippen LogP contribution is 2.38. The summed E-state index contributed by atoms with van der Waals surface area (Å²) < 4.78 is 30.7. The van der Waals surface area contributed by atoms with Crippen LogP contribution in [-0.2, 0) is 19.4 Å². The first-order chi connectivity index (χ1) is 14.3. The van der Waals surface area contributed by atoms with Crippen molar-refractivity contribution < 1.29 is 22.7 Å². The number of fused-ring (bicyclic) bond motifs is 1. The van der Waals surface area contributed by atoms with Crippen molar-refractivity contribution in [2.45, 2.75) is 41.7 Å². The van der Waals surface area contributed by atoms with Gasteiger partial charge in [0.05, 0.1) is 28.2 Å². The average Bonchev–Trinajstić information content (AvgIpc) is 2.73. The highest BCUT2D eigenvalue weighted by atomic mass is 32.2. The van der Waals surface area contributed by atoms with E-state index in [2.05, 4.69) is 10.6 Å². The molecule has 1 heterocycles. The Morgan fingerprint density at radius 3 is 2.57 bits per heavy atom. The molecule has 2 N–H and O–H groups in total. The van der Waals surface area contributed by atoms with Crippen molar-refractivity contribution in [3.8, 4) is 5.75 Å². The van der Waals surface area contributed by atoms with Gasteiger partial charge >= 0.3 is 0 Å². The van der Waals surface area contributed by atoms with Gasteiger partial charge in [-0.2, -0.15) is 0 Å². The molecule has 30 heavy (non-hydrogen) atoms. The number of hydrogen-bond donors (Lipinski definition) is 2. The van der Waals surface area contributed by atoms with E-state index in [1.807, 2.05) is 13.8 Å². The van der Waals surface area contributed by atoms with Gasteiger partial charge in [-0.25, -0.2) is 8.42 Å². The minimum absolute atomic E-state index is 0.0889. The number of hydrogen-bond acceptors (Lipinski definition) is 6. The summed E-state index contributed by atoms with van der Waals surface area (Å²) in [7, 11) is -3.67. The number of ether oxygens (including phenoxy) is 1. The summed E-state index contributed by atoms with van der Waals surface area (Å²) in [5.41, 5.74) is 1.06. The molecule has 7 nitrogen and oxygen atoms in total. The van der Waals surface area contributed by atoms with Gasteiger partial charge in [-0.05, 0) is 55.8 Å². The lowest BCUT2D eigenvalue weighted by Gasteiger charge is -2.23. The third kappa shape index (κ3) is 5.34. The van der Waals surface area contributed by atoms with Crippen LogP contribution in [0.15, 0.2) is 52.3 Å². The van der Waals surface area contributed by atoms with Crippen molar-refractivity contribution in [1.82, 2.24) is 0 Å². The van der Waals surface area contributed by atoms with Crippen LogP contribution in [0.3, 0.4) is 0 Å². The quantitative estimate of drug-likeness (QED) is 0.638.